The van der Waals surface area contributed by atoms with Crippen LogP contribution in [0.5, 0.6) is 0 Å². The fourth-order valence-corrected chi connectivity index (χ4v) is 2.49. The molecular formula is C20H14ClFN4O2. The molecule has 0 bridgehead atoms. The minimum atomic E-state index is -0.586. The standard InChI is InChI=1S/C20H14ClFN4O2/c21-15-6-7-18(25-19(27)14-4-2-8-23-12-14)17(10-15)20(28)26-24-11-13-3-1-5-16(22)9-13/h1-12H,(H,25,27)(H,26,28)/b24-11+. The summed E-state index contributed by atoms with van der Waals surface area (Å²) in [6.45, 7) is 0. The summed E-state index contributed by atoms with van der Waals surface area (Å²) in [5.41, 5.74) is 3.54. The number of anilines is 1. The lowest BCUT2D eigenvalue weighted by Crippen LogP contribution is -2.21. The molecule has 1 heterocycles. The SMILES string of the molecule is O=C(Nc1ccc(Cl)cc1C(=O)N/N=C/c1cccc(F)c1)c1cccnc1. The Hall–Kier alpha value is -3.58. The number of hydrogen-bond donors (Lipinski definition) is 2. The van der Waals surface area contributed by atoms with E-state index in [1.165, 1.54) is 42.7 Å². The van der Waals surface area contributed by atoms with E-state index < -0.39 is 17.6 Å². The molecular weight excluding hydrogens is 383 g/mol. The van der Waals surface area contributed by atoms with E-state index in [2.05, 4.69) is 20.8 Å². The quantitative estimate of drug-likeness (QED) is 0.507. The van der Waals surface area contributed by atoms with Gasteiger partial charge < -0.3 is 5.32 Å². The molecule has 0 spiro atoms. The highest BCUT2D eigenvalue weighted by Gasteiger charge is 2.15. The average molecular weight is 397 g/mol. The first-order chi connectivity index (χ1) is 13.5. The lowest BCUT2D eigenvalue weighted by Gasteiger charge is -2.10. The van der Waals surface area contributed by atoms with E-state index in [0.717, 1.165) is 0 Å². The summed E-state index contributed by atoms with van der Waals surface area (Å²) < 4.78 is 13.2. The van der Waals surface area contributed by atoms with Crippen molar-refractivity contribution < 1.29 is 14.0 Å². The number of halogens is 2. The third kappa shape index (κ3) is 4.99. The highest BCUT2D eigenvalue weighted by atomic mass is 35.5. The Morgan fingerprint density at radius 2 is 1.93 bits per heavy atom. The largest absolute Gasteiger partial charge is 0.321 e. The zero-order valence-electron chi connectivity index (χ0n) is 14.4. The maximum absolute atomic E-state index is 13.2. The van der Waals surface area contributed by atoms with Crippen molar-refractivity contribution >= 4 is 35.3 Å². The molecule has 0 aliphatic heterocycles. The van der Waals surface area contributed by atoms with Gasteiger partial charge in [-0.05, 0) is 48.0 Å². The molecule has 6 nitrogen and oxygen atoms in total. The minimum Gasteiger partial charge on any atom is -0.321 e. The van der Waals surface area contributed by atoms with Gasteiger partial charge in [0, 0.05) is 17.4 Å². The van der Waals surface area contributed by atoms with Crippen molar-refractivity contribution in [2.45, 2.75) is 0 Å². The molecule has 0 atom stereocenters. The van der Waals surface area contributed by atoms with E-state index in [1.807, 2.05) is 0 Å². The molecule has 0 fully saturated rings. The van der Waals surface area contributed by atoms with Gasteiger partial charge in [-0.25, -0.2) is 9.82 Å². The van der Waals surface area contributed by atoms with Crippen molar-refractivity contribution in [3.8, 4) is 0 Å². The smallest absolute Gasteiger partial charge is 0.273 e. The molecule has 2 aromatic carbocycles. The molecule has 0 saturated carbocycles. The Bertz CT molecular complexity index is 1040. The lowest BCUT2D eigenvalue weighted by atomic mass is 10.1. The van der Waals surface area contributed by atoms with Crippen LogP contribution in [-0.2, 0) is 0 Å². The summed E-state index contributed by atoms with van der Waals surface area (Å²) in [5, 5.41) is 6.78. The second-order valence-corrected chi connectivity index (χ2v) is 6.08. The van der Waals surface area contributed by atoms with E-state index >= 15 is 0 Å². The van der Waals surface area contributed by atoms with Gasteiger partial charge in [-0.3, -0.25) is 14.6 Å². The fraction of sp³-hybridized carbons (Fsp3) is 0. The van der Waals surface area contributed by atoms with Gasteiger partial charge in [0.2, 0.25) is 0 Å². The maximum Gasteiger partial charge on any atom is 0.273 e. The molecule has 0 unspecified atom stereocenters. The molecule has 0 radical (unpaired) electrons. The van der Waals surface area contributed by atoms with Crippen LogP contribution in [0, 0.1) is 5.82 Å². The van der Waals surface area contributed by atoms with Crippen molar-refractivity contribution in [1.29, 1.82) is 0 Å². The monoisotopic (exact) mass is 396 g/mol. The number of nitrogens with one attached hydrogen (secondary N) is 2. The highest BCUT2D eigenvalue weighted by molar-refractivity contribution is 6.31. The molecule has 140 valence electrons. The number of hydrogen-bond acceptors (Lipinski definition) is 4. The Kier molecular flexibility index (Phi) is 6.08. The summed E-state index contributed by atoms with van der Waals surface area (Å²) in [4.78, 5) is 28.7. The normalized spacial score (nSPS) is 10.6. The molecule has 2 N–H and O–H groups in total. The van der Waals surface area contributed by atoms with Gasteiger partial charge in [-0.2, -0.15) is 5.10 Å². The van der Waals surface area contributed by atoms with Gasteiger partial charge in [-0.1, -0.05) is 23.7 Å². The van der Waals surface area contributed by atoms with Crippen LogP contribution in [-0.4, -0.2) is 23.0 Å². The molecule has 1 aromatic heterocycles. The van der Waals surface area contributed by atoms with Gasteiger partial charge in [-0.15, -0.1) is 0 Å². The predicted octanol–water partition coefficient (Wildman–Crippen LogP) is 3.89. The highest BCUT2D eigenvalue weighted by Crippen LogP contribution is 2.21. The van der Waals surface area contributed by atoms with Gasteiger partial charge in [0.05, 0.1) is 23.0 Å². The van der Waals surface area contributed by atoms with E-state index in [0.29, 0.717) is 16.1 Å². The summed E-state index contributed by atoms with van der Waals surface area (Å²) in [5.74, 6) is -1.42. The third-order valence-electron chi connectivity index (χ3n) is 3.63. The third-order valence-corrected chi connectivity index (χ3v) is 3.86. The first-order valence-corrected chi connectivity index (χ1v) is 8.50. The number of hydrazone groups is 1. The van der Waals surface area contributed by atoms with Crippen LogP contribution in [0.25, 0.3) is 0 Å². The summed E-state index contributed by atoms with van der Waals surface area (Å²) in [7, 11) is 0. The molecule has 0 saturated heterocycles. The zero-order chi connectivity index (χ0) is 19.9. The van der Waals surface area contributed by atoms with E-state index in [-0.39, 0.29) is 11.3 Å². The number of carbonyl (C=O) groups is 2. The van der Waals surface area contributed by atoms with Gasteiger partial charge in [0.1, 0.15) is 5.82 Å². The Morgan fingerprint density at radius 1 is 1.07 bits per heavy atom. The first-order valence-electron chi connectivity index (χ1n) is 8.13. The molecule has 8 heteroatoms. The van der Waals surface area contributed by atoms with Crippen LogP contribution in [0.1, 0.15) is 26.3 Å². The molecule has 28 heavy (non-hydrogen) atoms. The number of aromatic nitrogens is 1. The van der Waals surface area contributed by atoms with Crippen LogP contribution in [0.4, 0.5) is 10.1 Å². The van der Waals surface area contributed by atoms with E-state index in [9.17, 15) is 14.0 Å². The fourth-order valence-electron chi connectivity index (χ4n) is 2.32. The van der Waals surface area contributed by atoms with Crippen molar-refractivity contribution in [3.05, 3.63) is 94.5 Å². The Labute approximate surface area is 165 Å². The number of nitrogens with zero attached hydrogens (tertiary/aromatic N) is 2. The second-order valence-electron chi connectivity index (χ2n) is 5.64. The topological polar surface area (TPSA) is 83.5 Å². The van der Waals surface area contributed by atoms with Crippen molar-refractivity contribution in [1.82, 2.24) is 10.4 Å². The number of amides is 2. The Morgan fingerprint density at radius 3 is 2.68 bits per heavy atom. The number of rotatable bonds is 5. The van der Waals surface area contributed by atoms with Crippen LogP contribution in [0.15, 0.2) is 72.1 Å². The summed E-state index contributed by atoms with van der Waals surface area (Å²) in [6.07, 6.45) is 4.27. The van der Waals surface area contributed by atoms with Gasteiger partial charge >= 0.3 is 0 Å². The number of benzene rings is 2. The second kappa shape index (κ2) is 8.88. The first kappa shape index (κ1) is 19.2. The molecule has 2 amide bonds. The number of pyridine rings is 1. The Balaban J connectivity index is 1.76. The number of carbonyl (C=O) groups excluding carboxylic acids is 2. The van der Waals surface area contributed by atoms with Gasteiger partial charge in [0.25, 0.3) is 11.8 Å². The summed E-state index contributed by atoms with van der Waals surface area (Å²) in [6, 6.07) is 13.4. The summed E-state index contributed by atoms with van der Waals surface area (Å²) >= 11 is 5.98. The molecule has 3 rings (SSSR count). The van der Waals surface area contributed by atoms with Crippen LogP contribution < -0.4 is 10.7 Å². The lowest BCUT2D eigenvalue weighted by molar-refractivity contribution is 0.0956. The van der Waals surface area contributed by atoms with Crippen LogP contribution >= 0.6 is 11.6 Å². The van der Waals surface area contributed by atoms with Crippen molar-refractivity contribution in [2.24, 2.45) is 5.10 Å². The van der Waals surface area contributed by atoms with E-state index in [1.54, 1.807) is 30.5 Å². The van der Waals surface area contributed by atoms with Crippen molar-refractivity contribution in [3.63, 3.8) is 0 Å². The van der Waals surface area contributed by atoms with E-state index in [4.69, 9.17) is 11.6 Å². The van der Waals surface area contributed by atoms with Crippen LogP contribution in [0.3, 0.4) is 0 Å². The molecule has 0 aliphatic rings. The van der Waals surface area contributed by atoms with Gasteiger partial charge in [0.15, 0.2) is 0 Å². The molecule has 0 aliphatic carbocycles. The minimum absolute atomic E-state index is 0.126. The van der Waals surface area contributed by atoms with Crippen molar-refractivity contribution in [2.75, 3.05) is 5.32 Å². The molecule has 3 aromatic rings. The maximum atomic E-state index is 13.2. The zero-order valence-corrected chi connectivity index (χ0v) is 15.2. The predicted molar refractivity (Wildman–Crippen MR) is 105 cm³/mol. The average Bonchev–Trinajstić information content (AvgIpc) is 2.70. The van der Waals surface area contributed by atoms with Crippen LogP contribution in [0.2, 0.25) is 5.02 Å².